The van der Waals surface area contributed by atoms with Crippen LogP contribution in [0, 0.1) is 13.8 Å². The van der Waals surface area contributed by atoms with Gasteiger partial charge in [-0.15, -0.1) is 0 Å². The number of aromatic nitrogens is 2. The molecule has 0 aliphatic carbocycles. The van der Waals surface area contributed by atoms with Crippen LogP contribution in [0.25, 0.3) is 11.0 Å². The van der Waals surface area contributed by atoms with Crippen molar-refractivity contribution in [3.05, 3.63) is 59.4 Å². The van der Waals surface area contributed by atoms with E-state index in [0.717, 1.165) is 27.8 Å². The molecule has 0 unspecified atom stereocenters. The van der Waals surface area contributed by atoms with Crippen LogP contribution in [0.15, 0.2) is 42.5 Å². The number of hydrogen-bond acceptors (Lipinski definition) is 3. The zero-order valence-electron chi connectivity index (χ0n) is 15.3. The molecule has 3 aromatic rings. The molecule has 2 aromatic carbocycles. The molecule has 1 N–H and O–H groups in total. The van der Waals surface area contributed by atoms with Crippen molar-refractivity contribution < 1.29 is 14.7 Å². The number of carboxylic acids is 1. The first-order valence-electron chi connectivity index (χ1n) is 8.99. The number of aryl methyl sites for hydroxylation is 1. The maximum Gasteiger partial charge on any atom is 0.323 e. The Balaban J connectivity index is 1.74. The number of imidazole rings is 1. The highest BCUT2D eigenvalue weighted by atomic mass is 16.4. The Morgan fingerprint density at radius 3 is 2.74 bits per heavy atom. The van der Waals surface area contributed by atoms with E-state index in [-0.39, 0.29) is 18.4 Å². The summed E-state index contributed by atoms with van der Waals surface area (Å²) in [6.07, 6.45) is 0.330. The summed E-state index contributed by atoms with van der Waals surface area (Å²) in [5.41, 5.74) is 4.69. The van der Waals surface area contributed by atoms with Crippen LogP contribution >= 0.6 is 0 Å². The predicted octanol–water partition coefficient (Wildman–Crippen LogP) is 3.26. The van der Waals surface area contributed by atoms with Gasteiger partial charge in [-0.25, -0.2) is 4.98 Å². The second kappa shape index (κ2) is 6.54. The molecule has 0 radical (unpaired) electrons. The highest BCUT2D eigenvalue weighted by Crippen LogP contribution is 2.35. The second-order valence-electron chi connectivity index (χ2n) is 7.06. The number of rotatable bonds is 4. The number of anilines is 1. The van der Waals surface area contributed by atoms with E-state index in [9.17, 15) is 14.7 Å². The van der Waals surface area contributed by atoms with Crippen molar-refractivity contribution in [3.8, 4) is 0 Å². The van der Waals surface area contributed by atoms with Gasteiger partial charge in [0.05, 0.1) is 11.0 Å². The van der Waals surface area contributed by atoms with Crippen molar-refractivity contribution in [1.82, 2.24) is 9.55 Å². The van der Waals surface area contributed by atoms with Crippen LogP contribution < -0.4 is 4.90 Å². The normalized spacial score (nSPS) is 17.0. The van der Waals surface area contributed by atoms with Crippen molar-refractivity contribution >= 4 is 28.6 Å². The van der Waals surface area contributed by atoms with Gasteiger partial charge in [0.2, 0.25) is 5.91 Å². The zero-order valence-corrected chi connectivity index (χ0v) is 15.3. The maximum atomic E-state index is 12.7. The smallest absolute Gasteiger partial charge is 0.323 e. The van der Waals surface area contributed by atoms with Gasteiger partial charge in [-0.1, -0.05) is 24.3 Å². The largest absolute Gasteiger partial charge is 0.480 e. The average Bonchev–Trinajstić information content (AvgIpc) is 3.18. The van der Waals surface area contributed by atoms with Gasteiger partial charge in [-0.3, -0.25) is 9.59 Å². The minimum absolute atomic E-state index is 0.0441. The molecule has 4 rings (SSSR count). The van der Waals surface area contributed by atoms with Crippen LogP contribution in [-0.2, 0) is 16.1 Å². The summed E-state index contributed by atoms with van der Waals surface area (Å²) in [6, 6.07) is 13.4. The average molecular weight is 363 g/mol. The Kier molecular flexibility index (Phi) is 4.18. The van der Waals surface area contributed by atoms with E-state index in [1.165, 1.54) is 0 Å². The fourth-order valence-corrected chi connectivity index (χ4v) is 3.85. The third kappa shape index (κ3) is 2.97. The van der Waals surface area contributed by atoms with Gasteiger partial charge in [-0.05, 0) is 43.2 Å². The van der Waals surface area contributed by atoms with Gasteiger partial charge in [0.25, 0.3) is 0 Å². The number of amides is 1. The molecule has 1 atom stereocenters. The molecule has 1 saturated heterocycles. The van der Waals surface area contributed by atoms with Gasteiger partial charge in [-0.2, -0.15) is 0 Å². The Morgan fingerprint density at radius 1 is 1.19 bits per heavy atom. The molecule has 1 aliphatic heterocycles. The Labute approximate surface area is 157 Å². The van der Waals surface area contributed by atoms with Gasteiger partial charge in [0, 0.05) is 24.6 Å². The molecule has 0 saturated carbocycles. The third-order valence-corrected chi connectivity index (χ3v) is 5.33. The lowest BCUT2D eigenvalue weighted by molar-refractivity contribution is -0.137. The summed E-state index contributed by atoms with van der Waals surface area (Å²) in [6.45, 7) is 4.39. The van der Waals surface area contributed by atoms with E-state index < -0.39 is 5.97 Å². The monoisotopic (exact) mass is 363 g/mol. The molecule has 6 heteroatoms. The van der Waals surface area contributed by atoms with Crippen molar-refractivity contribution in [1.29, 1.82) is 0 Å². The number of fused-ring (bicyclic) bond motifs is 1. The number of aliphatic carboxylic acids is 1. The quantitative estimate of drug-likeness (QED) is 0.772. The van der Waals surface area contributed by atoms with E-state index >= 15 is 0 Å². The lowest BCUT2D eigenvalue weighted by Gasteiger charge is -2.20. The second-order valence-corrected chi connectivity index (χ2v) is 7.06. The van der Waals surface area contributed by atoms with Crippen molar-refractivity contribution in [3.63, 3.8) is 0 Å². The fourth-order valence-electron chi connectivity index (χ4n) is 3.85. The van der Waals surface area contributed by atoms with Gasteiger partial charge < -0.3 is 14.6 Å². The van der Waals surface area contributed by atoms with Crippen LogP contribution in [0.3, 0.4) is 0 Å². The van der Waals surface area contributed by atoms with Crippen molar-refractivity contribution in [2.75, 3.05) is 11.4 Å². The van der Waals surface area contributed by atoms with Crippen molar-refractivity contribution in [2.45, 2.75) is 32.7 Å². The van der Waals surface area contributed by atoms with Gasteiger partial charge in [0.1, 0.15) is 12.4 Å². The van der Waals surface area contributed by atoms with E-state index in [1.807, 2.05) is 56.3 Å². The topological polar surface area (TPSA) is 75.4 Å². The number of benzene rings is 2. The number of carbonyl (C=O) groups is 2. The molecule has 0 spiro atoms. The summed E-state index contributed by atoms with van der Waals surface area (Å²) in [4.78, 5) is 30.6. The Hall–Kier alpha value is -3.15. The minimum atomic E-state index is -0.921. The molecule has 138 valence electrons. The van der Waals surface area contributed by atoms with E-state index in [4.69, 9.17) is 0 Å². The first-order chi connectivity index (χ1) is 13.0. The Bertz CT molecular complexity index is 1050. The lowest BCUT2D eigenvalue weighted by atomic mass is 10.1. The molecular formula is C21H21N3O3. The molecule has 1 fully saturated rings. The number of hydrogen-bond donors (Lipinski definition) is 1. The number of para-hydroxylation sites is 2. The number of nitrogens with zero attached hydrogens (tertiary/aromatic N) is 3. The summed E-state index contributed by atoms with van der Waals surface area (Å²) < 4.78 is 1.72. The molecule has 1 amide bonds. The summed E-state index contributed by atoms with van der Waals surface area (Å²) >= 11 is 0. The van der Waals surface area contributed by atoms with Gasteiger partial charge in [0.15, 0.2) is 0 Å². The molecule has 1 aliphatic rings. The summed E-state index contributed by atoms with van der Waals surface area (Å²) in [5, 5.41) is 9.33. The van der Waals surface area contributed by atoms with E-state index in [1.54, 1.807) is 9.47 Å². The summed E-state index contributed by atoms with van der Waals surface area (Å²) in [7, 11) is 0. The SMILES string of the molecule is Cc1cccc(N2C[C@H](c3nc4ccccc4n3CC(=O)O)CC2=O)c1C. The molecule has 0 bridgehead atoms. The first kappa shape index (κ1) is 17.3. The fraction of sp³-hybridized carbons (Fsp3) is 0.286. The van der Waals surface area contributed by atoms with Gasteiger partial charge >= 0.3 is 5.97 Å². The molecular weight excluding hydrogens is 342 g/mol. The molecule has 6 nitrogen and oxygen atoms in total. The lowest BCUT2D eigenvalue weighted by Crippen LogP contribution is -2.25. The highest BCUT2D eigenvalue weighted by Gasteiger charge is 2.35. The number of carboxylic acid groups (broad SMARTS) is 1. The molecule has 1 aromatic heterocycles. The van der Waals surface area contributed by atoms with Crippen LogP contribution in [0.1, 0.15) is 29.3 Å². The predicted molar refractivity (Wildman–Crippen MR) is 103 cm³/mol. The first-order valence-corrected chi connectivity index (χ1v) is 8.99. The highest BCUT2D eigenvalue weighted by molar-refractivity contribution is 5.97. The molecule has 27 heavy (non-hydrogen) atoms. The van der Waals surface area contributed by atoms with E-state index in [2.05, 4.69) is 4.98 Å². The van der Waals surface area contributed by atoms with Crippen LogP contribution in [-0.4, -0.2) is 33.1 Å². The third-order valence-electron chi connectivity index (χ3n) is 5.33. The Morgan fingerprint density at radius 2 is 1.96 bits per heavy atom. The minimum Gasteiger partial charge on any atom is -0.480 e. The van der Waals surface area contributed by atoms with Crippen molar-refractivity contribution in [2.24, 2.45) is 0 Å². The summed E-state index contributed by atoms with van der Waals surface area (Å²) in [5.74, 6) is -0.346. The number of carbonyl (C=O) groups excluding carboxylic acids is 1. The van der Waals surface area contributed by atoms with Crippen LogP contribution in [0.4, 0.5) is 5.69 Å². The maximum absolute atomic E-state index is 12.7. The zero-order chi connectivity index (χ0) is 19.1. The van der Waals surface area contributed by atoms with E-state index in [0.29, 0.717) is 18.8 Å². The van der Waals surface area contributed by atoms with Crippen LogP contribution in [0.5, 0.6) is 0 Å². The molecule has 2 heterocycles. The van der Waals surface area contributed by atoms with Crippen LogP contribution in [0.2, 0.25) is 0 Å². The standard InChI is InChI=1S/C21H21N3O3/c1-13-6-5-9-17(14(13)2)23-11-15(10-19(23)25)21-22-16-7-3-4-8-18(16)24(21)12-20(26)27/h3-9,15H,10-12H2,1-2H3,(H,26,27)/t15-/m1/s1.